The van der Waals surface area contributed by atoms with Gasteiger partial charge in [0.2, 0.25) is 5.91 Å². The van der Waals surface area contributed by atoms with E-state index in [0.29, 0.717) is 0 Å². The minimum Gasteiger partial charge on any atom is -0.458 e. The molecule has 0 saturated heterocycles. The van der Waals surface area contributed by atoms with Crippen LogP contribution in [0.2, 0.25) is 0 Å². The second-order valence-electron chi connectivity index (χ2n) is 4.92. The maximum absolute atomic E-state index is 11.5. The second-order valence-corrected chi connectivity index (χ2v) is 4.92. The molecule has 0 heterocycles. The lowest BCUT2D eigenvalue weighted by molar-refractivity contribution is -0.158. The van der Waals surface area contributed by atoms with Gasteiger partial charge in [0.1, 0.15) is 11.6 Å². The lowest BCUT2D eigenvalue weighted by atomic mass is 10.1. The molecule has 0 aromatic rings. The fraction of sp³-hybridized carbons (Fsp3) is 0.818. The van der Waals surface area contributed by atoms with Crippen molar-refractivity contribution in [3.8, 4) is 0 Å². The molecule has 0 aromatic carbocycles. The number of rotatable bonds is 3. The Bertz CT molecular complexity index is 241. The highest BCUT2D eigenvalue weighted by Gasteiger charge is 2.23. The van der Waals surface area contributed by atoms with Crippen LogP contribution >= 0.6 is 0 Å². The number of hydrogen-bond acceptors (Lipinski definition) is 3. The summed E-state index contributed by atoms with van der Waals surface area (Å²) in [6.07, 6.45) is 0. The van der Waals surface area contributed by atoms with Crippen molar-refractivity contribution < 1.29 is 14.3 Å². The van der Waals surface area contributed by atoms with Crippen LogP contribution in [0.25, 0.3) is 0 Å². The summed E-state index contributed by atoms with van der Waals surface area (Å²) in [5.74, 6) is -0.681. The van der Waals surface area contributed by atoms with E-state index in [1.54, 1.807) is 41.5 Å². The molecule has 0 aliphatic heterocycles. The summed E-state index contributed by atoms with van der Waals surface area (Å²) in [5, 5.41) is 2.59. The van der Waals surface area contributed by atoms with Crippen LogP contribution in [0.5, 0.6) is 0 Å². The van der Waals surface area contributed by atoms with Crippen molar-refractivity contribution in [1.29, 1.82) is 0 Å². The molecule has 0 radical (unpaired) electrons. The summed E-state index contributed by atoms with van der Waals surface area (Å²) >= 11 is 0. The molecule has 4 heteroatoms. The van der Waals surface area contributed by atoms with Crippen molar-refractivity contribution in [2.45, 2.75) is 53.2 Å². The second kappa shape index (κ2) is 5.14. The fourth-order valence-electron chi connectivity index (χ4n) is 0.829. The third-order valence-corrected chi connectivity index (χ3v) is 1.64. The van der Waals surface area contributed by atoms with Crippen LogP contribution in [0, 0.1) is 5.92 Å². The van der Waals surface area contributed by atoms with Crippen LogP contribution in [0.3, 0.4) is 0 Å². The third-order valence-electron chi connectivity index (χ3n) is 1.64. The van der Waals surface area contributed by atoms with E-state index in [0.717, 1.165) is 0 Å². The van der Waals surface area contributed by atoms with Gasteiger partial charge >= 0.3 is 5.97 Å². The number of nitrogens with one attached hydrogen (secondary N) is 1. The van der Waals surface area contributed by atoms with Gasteiger partial charge in [0, 0.05) is 5.92 Å². The van der Waals surface area contributed by atoms with E-state index in [1.165, 1.54) is 0 Å². The van der Waals surface area contributed by atoms with Gasteiger partial charge in [-0.05, 0) is 27.7 Å². The van der Waals surface area contributed by atoms with Gasteiger partial charge in [0.15, 0.2) is 0 Å². The summed E-state index contributed by atoms with van der Waals surface area (Å²) in [6.45, 7) is 10.5. The first-order valence-corrected chi connectivity index (χ1v) is 5.16. The summed E-state index contributed by atoms with van der Waals surface area (Å²) in [6, 6.07) is -0.598. The molecule has 1 unspecified atom stereocenters. The minimum atomic E-state index is -0.598. The molecular formula is C11H21NO3. The number of amides is 1. The van der Waals surface area contributed by atoms with Crippen molar-refractivity contribution in [1.82, 2.24) is 5.32 Å². The Balaban J connectivity index is 4.17. The van der Waals surface area contributed by atoms with Crippen molar-refractivity contribution in [2.24, 2.45) is 5.92 Å². The first-order chi connectivity index (χ1) is 6.63. The number of carbonyl (C=O) groups excluding carboxylic acids is 2. The maximum atomic E-state index is 11.5. The molecule has 15 heavy (non-hydrogen) atoms. The molecule has 0 aliphatic rings. The zero-order chi connectivity index (χ0) is 12.2. The molecule has 1 N–H and O–H groups in total. The van der Waals surface area contributed by atoms with Crippen LogP contribution < -0.4 is 5.32 Å². The van der Waals surface area contributed by atoms with Crippen LogP contribution in [-0.2, 0) is 14.3 Å². The van der Waals surface area contributed by atoms with E-state index in [1.807, 2.05) is 0 Å². The number of ether oxygens (including phenoxy) is 1. The van der Waals surface area contributed by atoms with Crippen molar-refractivity contribution in [3.63, 3.8) is 0 Å². The van der Waals surface area contributed by atoms with Gasteiger partial charge < -0.3 is 10.1 Å². The predicted molar refractivity (Wildman–Crippen MR) is 58.3 cm³/mol. The minimum absolute atomic E-state index is 0.130. The molecule has 0 spiro atoms. The van der Waals surface area contributed by atoms with E-state index in [9.17, 15) is 9.59 Å². The number of carbonyl (C=O) groups is 2. The van der Waals surface area contributed by atoms with Gasteiger partial charge in [-0.1, -0.05) is 13.8 Å². The SMILES string of the molecule is CC(C)C(=O)NC(C)C(=O)OC(C)(C)C. The monoisotopic (exact) mass is 215 g/mol. The van der Waals surface area contributed by atoms with Gasteiger partial charge in [-0.25, -0.2) is 4.79 Å². The van der Waals surface area contributed by atoms with E-state index >= 15 is 0 Å². The van der Waals surface area contributed by atoms with Gasteiger partial charge in [-0.3, -0.25) is 4.79 Å². The van der Waals surface area contributed by atoms with Crippen LogP contribution in [0.15, 0.2) is 0 Å². The summed E-state index contributed by atoms with van der Waals surface area (Å²) in [5.41, 5.74) is -0.520. The molecule has 1 amide bonds. The number of esters is 1. The maximum Gasteiger partial charge on any atom is 0.328 e. The van der Waals surface area contributed by atoms with Crippen molar-refractivity contribution in [2.75, 3.05) is 0 Å². The molecule has 1 atom stereocenters. The summed E-state index contributed by atoms with van der Waals surface area (Å²) < 4.78 is 5.13. The van der Waals surface area contributed by atoms with E-state index in [-0.39, 0.29) is 11.8 Å². The molecule has 0 fully saturated rings. The van der Waals surface area contributed by atoms with E-state index in [4.69, 9.17) is 4.74 Å². The zero-order valence-corrected chi connectivity index (χ0v) is 10.4. The Morgan fingerprint density at radius 3 is 1.93 bits per heavy atom. The fourth-order valence-corrected chi connectivity index (χ4v) is 0.829. The Labute approximate surface area is 91.4 Å². The molecule has 0 aliphatic carbocycles. The van der Waals surface area contributed by atoms with E-state index < -0.39 is 17.6 Å². The zero-order valence-electron chi connectivity index (χ0n) is 10.4. The van der Waals surface area contributed by atoms with Crippen LogP contribution in [0.1, 0.15) is 41.5 Å². The lowest BCUT2D eigenvalue weighted by Gasteiger charge is -2.23. The van der Waals surface area contributed by atoms with E-state index in [2.05, 4.69) is 5.32 Å². The number of hydrogen-bond donors (Lipinski definition) is 1. The highest BCUT2D eigenvalue weighted by atomic mass is 16.6. The molecule has 0 aromatic heterocycles. The average molecular weight is 215 g/mol. The topological polar surface area (TPSA) is 55.4 Å². The van der Waals surface area contributed by atoms with Crippen LogP contribution in [-0.4, -0.2) is 23.5 Å². The highest BCUT2D eigenvalue weighted by Crippen LogP contribution is 2.08. The molecule has 4 nitrogen and oxygen atoms in total. The smallest absolute Gasteiger partial charge is 0.328 e. The highest BCUT2D eigenvalue weighted by molar-refractivity contribution is 5.85. The Kier molecular flexibility index (Phi) is 4.78. The molecule has 0 saturated carbocycles. The summed E-state index contributed by atoms with van der Waals surface area (Å²) in [4.78, 5) is 22.8. The van der Waals surface area contributed by atoms with Crippen molar-refractivity contribution >= 4 is 11.9 Å². The Morgan fingerprint density at radius 2 is 1.60 bits per heavy atom. The third kappa shape index (κ3) is 6.10. The lowest BCUT2D eigenvalue weighted by Crippen LogP contribution is -2.43. The van der Waals surface area contributed by atoms with Crippen LogP contribution in [0.4, 0.5) is 0 Å². The first-order valence-electron chi connectivity index (χ1n) is 5.16. The quantitative estimate of drug-likeness (QED) is 0.726. The molecule has 0 rings (SSSR count). The average Bonchev–Trinajstić information content (AvgIpc) is 2.00. The largest absolute Gasteiger partial charge is 0.458 e. The van der Waals surface area contributed by atoms with Gasteiger partial charge in [-0.15, -0.1) is 0 Å². The molecular weight excluding hydrogens is 194 g/mol. The van der Waals surface area contributed by atoms with Crippen molar-refractivity contribution in [3.05, 3.63) is 0 Å². The van der Waals surface area contributed by atoms with Gasteiger partial charge in [0.05, 0.1) is 0 Å². The normalized spacial score (nSPS) is 13.5. The molecule has 0 bridgehead atoms. The predicted octanol–water partition coefficient (Wildman–Crippen LogP) is 1.49. The first kappa shape index (κ1) is 13.9. The Morgan fingerprint density at radius 1 is 1.13 bits per heavy atom. The molecule has 88 valence electrons. The standard InChI is InChI=1S/C11H21NO3/c1-7(2)9(13)12-8(3)10(14)15-11(4,5)6/h7-8H,1-6H3,(H,12,13). The van der Waals surface area contributed by atoms with Gasteiger partial charge in [-0.2, -0.15) is 0 Å². The van der Waals surface area contributed by atoms with Gasteiger partial charge in [0.25, 0.3) is 0 Å². The Hall–Kier alpha value is -1.06. The summed E-state index contributed by atoms with van der Waals surface area (Å²) in [7, 11) is 0.